The molecular formula is C12H22N2O2. The van der Waals surface area contributed by atoms with Gasteiger partial charge in [-0.2, -0.15) is 0 Å². The van der Waals surface area contributed by atoms with Gasteiger partial charge in [0.2, 0.25) is 5.91 Å². The minimum absolute atomic E-state index is 0.0900. The van der Waals surface area contributed by atoms with Crippen molar-refractivity contribution < 1.29 is 9.90 Å². The third-order valence-corrected chi connectivity index (χ3v) is 3.64. The molecule has 4 nitrogen and oxygen atoms in total. The van der Waals surface area contributed by atoms with E-state index in [1.54, 1.807) is 6.92 Å². The highest BCUT2D eigenvalue weighted by molar-refractivity contribution is 5.76. The van der Waals surface area contributed by atoms with Gasteiger partial charge in [0.1, 0.15) is 0 Å². The third-order valence-electron chi connectivity index (χ3n) is 3.64. The third kappa shape index (κ3) is 3.19. The summed E-state index contributed by atoms with van der Waals surface area (Å²) in [5.74, 6) is 0.625. The molecule has 3 atom stereocenters. The van der Waals surface area contributed by atoms with Crippen molar-refractivity contribution in [2.45, 2.75) is 57.2 Å². The predicted octanol–water partition coefficient (Wildman–Crippen LogP) is 0.404. The van der Waals surface area contributed by atoms with E-state index >= 15 is 0 Å². The first-order valence-electron chi connectivity index (χ1n) is 6.34. The topological polar surface area (TPSA) is 61.4 Å². The van der Waals surface area contributed by atoms with E-state index in [0.717, 1.165) is 12.8 Å². The number of rotatable bonds is 4. The fourth-order valence-corrected chi connectivity index (χ4v) is 2.94. The van der Waals surface area contributed by atoms with Crippen LogP contribution >= 0.6 is 0 Å². The molecular weight excluding hydrogens is 204 g/mol. The molecule has 3 N–H and O–H groups in total. The van der Waals surface area contributed by atoms with Crippen LogP contribution < -0.4 is 10.6 Å². The van der Waals surface area contributed by atoms with E-state index in [1.165, 1.54) is 12.8 Å². The van der Waals surface area contributed by atoms with Gasteiger partial charge in [-0.15, -0.1) is 0 Å². The second kappa shape index (κ2) is 5.15. The lowest BCUT2D eigenvalue weighted by atomic mass is 9.89. The summed E-state index contributed by atoms with van der Waals surface area (Å²) in [6.07, 6.45) is 5.00. The second-order valence-corrected chi connectivity index (χ2v) is 5.33. The number of carbonyl (C=O) groups is 1. The Bertz CT molecular complexity index is 243. The number of hydrogen-bond donors (Lipinski definition) is 3. The van der Waals surface area contributed by atoms with Crippen molar-refractivity contribution in [1.29, 1.82) is 0 Å². The first-order chi connectivity index (χ1) is 7.63. The van der Waals surface area contributed by atoms with Crippen molar-refractivity contribution in [3.05, 3.63) is 0 Å². The van der Waals surface area contributed by atoms with Crippen molar-refractivity contribution >= 4 is 5.91 Å². The van der Waals surface area contributed by atoms with Crippen molar-refractivity contribution in [2.75, 3.05) is 6.54 Å². The van der Waals surface area contributed by atoms with Crippen LogP contribution in [0.2, 0.25) is 0 Å². The standard InChI is InChI=1S/C12H22N2O2/c1-8(15)7-13-12(16)6-9-4-10-2-3-11(5-9)14-10/h8-11,14-15H,2-7H2,1H3,(H,13,16)/t8-,9?,10?,11?/m0/s1. The summed E-state index contributed by atoms with van der Waals surface area (Å²) < 4.78 is 0. The summed E-state index contributed by atoms with van der Waals surface area (Å²) in [5.41, 5.74) is 0. The maximum atomic E-state index is 11.6. The molecule has 1 amide bonds. The average molecular weight is 226 g/mol. The Morgan fingerprint density at radius 3 is 2.62 bits per heavy atom. The summed E-state index contributed by atoms with van der Waals surface area (Å²) in [4.78, 5) is 11.6. The van der Waals surface area contributed by atoms with Gasteiger partial charge in [-0.05, 0) is 38.5 Å². The van der Waals surface area contributed by atoms with E-state index in [0.29, 0.717) is 31.0 Å². The quantitative estimate of drug-likeness (QED) is 0.650. The number of nitrogens with one attached hydrogen (secondary N) is 2. The molecule has 2 aliphatic heterocycles. The lowest BCUT2D eigenvalue weighted by molar-refractivity contribution is -0.122. The molecule has 2 unspecified atom stereocenters. The largest absolute Gasteiger partial charge is 0.392 e. The fraction of sp³-hybridized carbons (Fsp3) is 0.917. The summed E-state index contributed by atoms with van der Waals surface area (Å²) in [7, 11) is 0. The van der Waals surface area contributed by atoms with Crippen molar-refractivity contribution in [3.63, 3.8) is 0 Å². The Balaban J connectivity index is 1.71. The van der Waals surface area contributed by atoms with Crippen molar-refractivity contribution in [1.82, 2.24) is 10.6 Å². The van der Waals surface area contributed by atoms with Crippen LogP contribution in [0.3, 0.4) is 0 Å². The van der Waals surface area contributed by atoms with Crippen LogP contribution in [0.25, 0.3) is 0 Å². The van der Waals surface area contributed by atoms with Gasteiger partial charge < -0.3 is 15.7 Å². The van der Waals surface area contributed by atoms with Crippen LogP contribution in [0.4, 0.5) is 0 Å². The Morgan fingerprint density at radius 1 is 1.44 bits per heavy atom. The zero-order valence-corrected chi connectivity index (χ0v) is 9.91. The average Bonchev–Trinajstić information content (AvgIpc) is 2.55. The van der Waals surface area contributed by atoms with Crippen molar-refractivity contribution in [3.8, 4) is 0 Å². The van der Waals surface area contributed by atoms with Gasteiger partial charge in [0.05, 0.1) is 6.10 Å². The Labute approximate surface area is 96.8 Å². The molecule has 2 heterocycles. The van der Waals surface area contributed by atoms with E-state index in [4.69, 9.17) is 5.11 Å². The van der Waals surface area contributed by atoms with E-state index in [-0.39, 0.29) is 5.91 Å². The molecule has 2 aliphatic rings. The number of carbonyl (C=O) groups excluding carboxylic acids is 1. The molecule has 2 saturated heterocycles. The highest BCUT2D eigenvalue weighted by Gasteiger charge is 2.34. The predicted molar refractivity (Wildman–Crippen MR) is 62.0 cm³/mol. The van der Waals surface area contributed by atoms with Crippen LogP contribution in [-0.4, -0.2) is 35.7 Å². The van der Waals surface area contributed by atoms with Crippen LogP contribution in [0.5, 0.6) is 0 Å². The molecule has 16 heavy (non-hydrogen) atoms. The van der Waals surface area contributed by atoms with Gasteiger partial charge in [-0.1, -0.05) is 0 Å². The summed E-state index contributed by atoms with van der Waals surface area (Å²) in [6.45, 7) is 2.06. The summed E-state index contributed by atoms with van der Waals surface area (Å²) >= 11 is 0. The minimum Gasteiger partial charge on any atom is -0.392 e. The van der Waals surface area contributed by atoms with Gasteiger partial charge in [-0.3, -0.25) is 4.79 Å². The zero-order chi connectivity index (χ0) is 11.5. The Morgan fingerprint density at radius 2 is 2.06 bits per heavy atom. The normalized spacial score (nSPS) is 34.8. The first kappa shape index (κ1) is 11.9. The lowest BCUT2D eigenvalue weighted by Crippen LogP contribution is -2.40. The van der Waals surface area contributed by atoms with Crippen LogP contribution in [0.15, 0.2) is 0 Å². The molecule has 2 bridgehead atoms. The van der Waals surface area contributed by atoms with Gasteiger partial charge in [-0.25, -0.2) is 0 Å². The molecule has 0 spiro atoms. The van der Waals surface area contributed by atoms with Crippen molar-refractivity contribution in [2.24, 2.45) is 5.92 Å². The fourth-order valence-electron chi connectivity index (χ4n) is 2.94. The number of amides is 1. The van der Waals surface area contributed by atoms with Gasteiger partial charge in [0.15, 0.2) is 0 Å². The number of piperidine rings is 1. The SMILES string of the molecule is C[C@H](O)CNC(=O)CC1CC2CCC(C1)N2. The van der Waals surface area contributed by atoms with E-state index in [9.17, 15) is 4.79 Å². The Kier molecular flexibility index (Phi) is 3.82. The van der Waals surface area contributed by atoms with Gasteiger partial charge in [0.25, 0.3) is 0 Å². The molecule has 92 valence electrons. The molecule has 0 aromatic rings. The molecule has 0 saturated carbocycles. The van der Waals surface area contributed by atoms with Crippen LogP contribution in [0.1, 0.15) is 39.0 Å². The molecule has 2 fully saturated rings. The number of aliphatic hydroxyl groups is 1. The highest BCUT2D eigenvalue weighted by atomic mass is 16.3. The monoisotopic (exact) mass is 226 g/mol. The summed E-state index contributed by atoms with van der Waals surface area (Å²) in [5, 5.41) is 15.4. The smallest absolute Gasteiger partial charge is 0.220 e. The Hall–Kier alpha value is -0.610. The molecule has 0 radical (unpaired) electrons. The molecule has 4 heteroatoms. The minimum atomic E-state index is -0.451. The molecule has 0 aromatic heterocycles. The molecule has 0 aliphatic carbocycles. The maximum absolute atomic E-state index is 11.6. The van der Waals surface area contributed by atoms with E-state index in [2.05, 4.69) is 10.6 Å². The maximum Gasteiger partial charge on any atom is 0.220 e. The van der Waals surface area contributed by atoms with Crippen LogP contribution in [-0.2, 0) is 4.79 Å². The number of aliphatic hydroxyl groups excluding tert-OH is 1. The first-order valence-corrected chi connectivity index (χ1v) is 6.34. The van der Waals surface area contributed by atoms with Crippen LogP contribution in [0, 0.1) is 5.92 Å². The lowest BCUT2D eigenvalue weighted by Gasteiger charge is -2.28. The zero-order valence-electron chi connectivity index (χ0n) is 9.91. The molecule has 0 aromatic carbocycles. The van der Waals surface area contributed by atoms with E-state index in [1.807, 2.05) is 0 Å². The number of fused-ring (bicyclic) bond motifs is 2. The van der Waals surface area contributed by atoms with E-state index < -0.39 is 6.10 Å². The second-order valence-electron chi connectivity index (χ2n) is 5.33. The van der Waals surface area contributed by atoms with Gasteiger partial charge >= 0.3 is 0 Å². The number of hydrogen-bond acceptors (Lipinski definition) is 3. The highest BCUT2D eigenvalue weighted by Crippen LogP contribution is 2.32. The summed E-state index contributed by atoms with van der Waals surface area (Å²) in [6, 6.07) is 1.29. The van der Waals surface area contributed by atoms with Gasteiger partial charge in [0, 0.05) is 25.0 Å². The molecule has 2 rings (SSSR count).